The number of rotatable bonds is 83. The monoisotopic (exact) mass is 1660 g/mol. The molecule has 12 N–H and O–H groups in total. The second-order valence-corrected chi connectivity index (χ2v) is 35.6. The summed E-state index contributed by atoms with van der Waals surface area (Å²) in [5, 5.41) is 121. The van der Waals surface area contributed by atoms with Gasteiger partial charge in [-0.3, -0.25) is 4.79 Å². The van der Waals surface area contributed by atoms with Crippen molar-refractivity contribution in [2.75, 3.05) is 26.4 Å². The number of unbranched alkanes of at least 4 members (excludes halogenated alkanes) is 63. The van der Waals surface area contributed by atoms with E-state index in [1.54, 1.807) is 6.08 Å². The number of aliphatic hydroxyl groups is 11. The topological polar surface area (TPSA) is 307 Å². The second-order valence-electron chi connectivity index (χ2n) is 35.6. The van der Waals surface area contributed by atoms with Crippen LogP contribution in [0.4, 0.5) is 0 Å². The standard InChI is InChI=1S/C98H185NO18/c1-3-5-7-9-11-13-15-17-19-21-23-25-27-29-31-33-35-37-38-39-40-41-42-44-46-48-50-52-54-56-58-60-62-64-66-68-70-72-74-76-86(104)99-81(82(103)75-73-71-69-67-65-63-61-59-57-55-53-51-49-47-45-43-36-34-32-30-28-26-24-22-20-18-16-14-12-10-8-6-4-2)80-112-96-92(110)89(107)94(84(78-101)114-96)117-98-93(111)90(108)95(85(79-102)115-98)116-97-91(109)88(106)87(105)83(77-100)113-97/h15,17,21,23,73,75,81-85,87-98,100-103,105-111H,3-14,16,18-20,22,24-72,74,76-80H2,1-2H3,(H,99,104)/b17-15-,23-21-,75-73+. The van der Waals surface area contributed by atoms with E-state index in [1.807, 2.05) is 6.08 Å². The lowest BCUT2D eigenvalue weighted by Crippen LogP contribution is -2.66. The predicted octanol–water partition coefficient (Wildman–Crippen LogP) is 20.5. The molecular weight excluding hydrogens is 1480 g/mol. The molecule has 3 rings (SSSR count). The third-order valence-corrected chi connectivity index (χ3v) is 24.9. The summed E-state index contributed by atoms with van der Waals surface area (Å²) < 4.78 is 34.6. The maximum absolute atomic E-state index is 13.6. The fourth-order valence-electron chi connectivity index (χ4n) is 17.1. The van der Waals surface area contributed by atoms with Crippen molar-refractivity contribution in [2.45, 2.75) is 555 Å². The number of aliphatic hydroxyl groups excluding tert-OH is 11. The Balaban J connectivity index is 1.28. The Morgan fingerprint density at radius 3 is 0.872 bits per heavy atom. The molecule has 117 heavy (non-hydrogen) atoms. The van der Waals surface area contributed by atoms with Crippen molar-refractivity contribution in [3.05, 3.63) is 36.5 Å². The molecule has 3 fully saturated rings. The van der Waals surface area contributed by atoms with Crippen LogP contribution in [-0.4, -0.2) is 193 Å². The van der Waals surface area contributed by atoms with Crippen LogP contribution in [0.1, 0.15) is 450 Å². The number of carbonyl (C=O) groups is 1. The summed E-state index contributed by atoms with van der Waals surface area (Å²) in [7, 11) is 0. The lowest BCUT2D eigenvalue weighted by Gasteiger charge is -2.48. The van der Waals surface area contributed by atoms with Gasteiger partial charge < -0.3 is 89.9 Å². The molecule has 0 aromatic rings. The van der Waals surface area contributed by atoms with Gasteiger partial charge in [0.05, 0.1) is 38.6 Å². The number of amides is 1. The van der Waals surface area contributed by atoms with Gasteiger partial charge in [0.2, 0.25) is 5.91 Å². The van der Waals surface area contributed by atoms with Crippen LogP contribution in [0.3, 0.4) is 0 Å². The van der Waals surface area contributed by atoms with Crippen molar-refractivity contribution in [1.82, 2.24) is 5.32 Å². The first-order valence-corrected chi connectivity index (χ1v) is 49.7. The van der Waals surface area contributed by atoms with E-state index in [4.69, 9.17) is 28.4 Å². The quantitative estimate of drug-likeness (QED) is 0.0199. The molecule has 0 saturated carbocycles. The van der Waals surface area contributed by atoms with E-state index in [-0.39, 0.29) is 18.9 Å². The third kappa shape index (κ3) is 55.2. The predicted molar refractivity (Wildman–Crippen MR) is 476 cm³/mol. The Kier molecular flexibility index (Phi) is 72.4. The normalized spacial score (nSPS) is 24.5. The molecular formula is C98H185NO18. The molecule has 0 radical (unpaired) electrons. The Hall–Kier alpha value is -1.99. The molecule has 19 heteroatoms. The summed E-state index contributed by atoms with van der Waals surface area (Å²) in [5.74, 6) is -0.265. The number of carbonyl (C=O) groups excluding carboxylic acids is 1. The molecule has 17 unspecified atom stereocenters. The second kappa shape index (κ2) is 77.6. The summed E-state index contributed by atoms with van der Waals surface area (Å²) in [6.45, 7) is 1.81. The van der Waals surface area contributed by atoms with Crippen LogP contribution in [0.25, 0.3) is 0 Å². The molecule has 690 valence electrons. The summed E-state index contributed by atoms with van der Waals surface area (Å²) in [5.41, 5.74) is 0. The van der Waals surface area contributed by atoms with Crippen LogP contribution in [-0.2, 0) is 33.2 Å². The van der Waals surface area contributed by atoms with Gasteiger partial charge in [0, 0.05) is 6.42 Å². The molecule has 19 nitrogen and oxygen atoms in total. The maximum atomic E-state index is 13.6. The summed E-state index contributed by atoms with van der Waals surface area (Å²) >= 11 is 0. The van der Waals surface area contributed by atoms with E-state index >= 15 is 0 Å². The molecule has 17 atom stereocenters. The highest BCUT2D eigenvalue weighted by Gasteiger charge is 2.54. The highest BCUT2D eigenvalue weighted by molar-refractivity contribution is 5.76. The first-order valence-electron chi connectivity index (χ1n) is 49.7. The zero-order chi connectivity index (χ0) is 84.5. The molecule has 0 aromatic heterocycles. The summed E-state index contributed by atoms with van der Waals surface area (Å²) in [4.78, 5) is 13.6. The molecule has 1 amide bonds. The van der Waals surface area contributed by atoms with Gasteiger partial charge in [0.1, 0.15) is 73.2 Å². The van der Waals surface area contributed by atoms with E-state index in [2.05, 4.69) is 43.5 Å². The third-order valence-electron chi connectivity index (χ3n) is 24.9. The lowest BCUT2D eigenvalue weighted by atomic mass is 9.96. The van der Waals surface area contributed by atoms with E-state index < -0.39 is 124 Å². The van der Waals surface area contributed by atoms with Crippen LogP contribution in [0, 0.1) is 0 Å². The van der Waals surface area contributed by atoms with Crippen molar-refractivity contribution in [3.63, 3.8) is 0 Å². The summed E-state index contributed by atoms with van der Waals surface area (Å²) in [6, 6.07) is -0.974. The van der Waals surface area contributed by atoms with Crippen LogP contribution < -0.4 is 5.32 Å². The fourth-order valence-corrected chi connectivity index (χ4v) is 17.1. The average Bonchev–Trinajstić information content (AvgIpc) is 0.777. The smallest absolute Gasteiger partial charge is 0.220 e. The van der Waals surface area contributed by atoms with Gasteiger partial charge in [-0.2, -0.15) is 0 Å². The largest absolute Gasteiger partial charge is 0.394 e. The van der Waals surface area contributed by atoms with Gasteiger partial charge in [-0.25, -0.2) is 0 Å². The molecule has 3 aliphatic heterocycles. The number of hydrogen-bond acceptors (Lipinski definition) is 18. The van der Waals surface area contributed by atoms with Crippen LogP contribution in [0.5, 0.6) is 0 Å². The van der Waals surface area contributed by atoms with E-state index in [0.29, 0.717) is 6.42 Å². The van der Waals surface area contributed by atoms with Crippen molar-refractivity contribution in [3.8, 4) is 0 Å². The van der Waals surface area contributed by atoms with E-state index in [0.717, 1.165) is 51.4 Å². The Bertz CT molecular complexity index is 2240. The van der Waals surface area contributed by atoms with E-state index in [1.165, 1.54) is 372 Å². The molecule has 3 heterocycles. The van der Waals surface area contributed by atoms with Crippen molar-refractivity contribution >= 4 is 5.91 Å². The Morgan fingerprint density at radius 1 is 0.308 bits per heavy atom. The van der Waals surface area contributed by atoms with Crippen molar-refractivity contribution in [1.29, 1.82) is 0 Å². The zero-order valence-electron chi connectivity index (χ0n) is 75.0. The molecule has 0 spiro atoms. The molecule has 0 aromatic carbocycles. The first-order chi connectivity index (χ1) is 57.3. The average molecular weight is 1670 g/mol. The first kappa shape index (κ1) is 109. The zero-order valence-corrected chi connectivity index (χ0v) is 75.0. The van der Waals surface area contributed by atoms with Gasteiger partial charge >= 0.3 is 0 Å². The SMILES string of the molecule is CCCCCCC/C=C\C/C=C\CCCCCCCCCCCCCCCCCCCCCCCCCCCCCC(=O)NC(COC1OC(CO)C(OC2OC(CO)C(OC3OC(CO)C(O)C(O)C3O)C(O)C2O)C(O)C1O)C(O)/C=C/CCCCCCCCCCCCCCCCCCCCCCCCCCCCCCCCC. The molecule has 3 aliphatic rings. The molecule has 0 bridgehead atoms. The maximum Gasteiger partial charge on any atom is 0.220 e. The number of allylic oxidation sites excluding steroid dienone is 5. The van der Waals surface area contributed by atoms with Crippen LogP contribution >= 0.6 is 0 Å². The Morgan fingerprint density at radius 2 is 0.564 bits per heavy atom. The van der Waals surface area contributed by atoms with Crippen molar-refractivity contribution < 1.29 is 89.4 Å². The highest BCUT2D eigenvalue weighted by atomic mass is 16.8. The van der Waals surface area contributed by atoms with Crippen LogP contribution in [0.2, 0.25) is 0 Å². The highest BCUT2D eigenvalue weighted by Crippen LogP contribution is 2.34. The Labute approximate surface area is 714 Å². The van der Waals surface area contributed by atoms with Gasteiger partial charge in [-0.05, 0) is 51.4 Å². The lowest BCUT2D eigenvalue weighted by molar-refractivity contribution is -0.379. The fraction of sp³-hybridized carbons (Fsp3) is 0.929. The van der Waals surface area contributed by atoms with Crippen molar-refractivity contribution in [2.24, 2.45) is 0 Å². The molecule has 0 aliphatic carbocycles. The number of hydrogen-bond donors (Lipinski definition) is 12. The van der Waals surface area contributed by atoms with Crippen LogP contribution in [0.15, 0.2) is 36.5 Å². The number of nitrogens with one attached hydrogen (secondary N) is 1. The van der Waals surface area contributed by atoms with Gasteiger partial charge in [0.15, 0.2) is 18.9 Å². The molecule has 3 saturated heterocycles. The van der Waals surface area contributed by atoms with Gasteiger partial charge in [-0.1, -0.05) is 429 Å². The van der Waals surface area contributed by atoms with E-state index in [9.17, 15) is 61.0 Å². The minimum absolute atomic E-state index is 0.249. The minimum Gasteiger partial charge on any atom is -0.394 e. The van der Waals surface area contributed by atoms with Gasteiger partial charge in [0.25, 0.3) is 0 Å². The minimum atomic E-state index is -1.98. The summed E-state index contributed by atoms with van der Waals surface area (Å²) in [6.07, 6.45) is 74.7. The number of ether oxygens (including phenoxy) is 6. The van der Waals surface area contributed by atoms with Gasteiger partial charge in [-0.15, -0.1) is 0 Å².